The Balaban J connectivity index is 2.79. The van der Waals surface area contributed by atoms with Crippen LogP contribution in [0.25, 0.3) is 0 Å². The van der Waals surface area contributed by atoms with Crippen LogP contribution >= 0.6 is 0 Å². The van der Waals surface area contributed by atoms with Crippen LogP contribution in [0.4, 0.5) is 0 Å². The van der Waals surface area contributed by atoms with Crippen molar-refractivity contribution in [2.24, 2.45) is 0 Å². The monoisotopic (exact) mass is 309 g/mol. The summed E-state index contributed by atoms with van der Waals surface area (Å²) >= 11 is 0. The molecule has 0 spiro atoms. The minimum Gasteiger partial charge on any atom is -0.493 e. The summed E-state index contributed by atoms with van der Waals surface area (Å²) in [5, 5.41) is 2.69. The van der Waals surface area contributed by atoms with Crippen molar-refractivity contribution >= 4 is 11.9 Å². The van der Waals surface area contributed by atoms with Crippen molar-refractivity contribution in [1.82, 2.24) is 5.32 Å². The minimum absolute atomic E-state index is 0.0146. The van der Waals surface area contributed by atoms with Gasteiger partial charge < -0.3 is 19.5 Å². The van der Waals surface area contributed by atoms with Crippen LogP contribution in [0.1, 0.15) is 38.1 Å². The molecule has 0 fully saturated rings. The van der Waals surface area contributed by atoms with Gasteiger partial charge in [-0.15, -0.1) is 0 Å². The number of ether oxygens (including phenoxy) is 3. The lowest BCUT2D eigenvalue weighted by Crippen LogP contribution is -2.39. The van der Waals surface area contributed by atoms with E-state index in [0.29, 0.717) is 23.7 Å². The van der Waals surface area contributed by atoms with Gasteiger partial charge in [-0.3, -0.25) is 4.79 Å². The van der Waals surface area contributed by atoms with Crippen LogP contribution < -0.4 is 14.8 Å². The van der Waals surface area contributed by atoms with Crippen molar-refractivity contribution in [3.05, 3.63) is 23.8 Å². The number of carbonyl (C=O) groups is 2. The summed E-state index contributed by atoms with van der Waals surface area (Å²) in [6.45, 7) is 7.55. The summed E-state index contributed by atoms with van der Waals surface area (Å²) in [6, 6.07) is 4.72. The number of carbonyl (C=O) groups excluding carboxylic acids is 2. The Morgan fingerprint density at radius 1 is 1.18 bits per heavy atom. The fourth-order valence-corrected chi connectivity index (χ4v) is 1.75. The third-order valence-electron chi connectivity index (χ3n) is 2.78. The van der Waals surface area contributed by atoms with E-state index in [1.807, 2.05) is 20.8 Å². The van der Waals surface area contributed by atoms with Crippen LogP contribution in [-0.2, 0) is 9.53 Å². The SMILES string of the molecule is CCOc1ccc(C(=O)O[C@@H](C)C(=O)NC(C)C)cc1OC. The average molecular weight is 309 g/mol. The molecule has 1 aromatic carbocycles. The Hall–Kier alpha value is -2.24. The van der Waals surface area contributed by atoms with Crippen molar-refractivity contribution in [1.29, 1.82) is 0 Å². The zero-order valence-electron chi connectivity index (χ0n) is 13.6. The summed E-state index contributed by atoms with van der Waals surface area (Å²) in [4.78, 5) is 23.8. The van der Waals surface area contributed by atoms with Gasteiger partial charge in [-0.1, -0.05) is 0 Å². The number of amides is 1. The first-order valence-corrected chi connectivity index (χ1v) is 7.21. The number of hydrogen-bond donors (Lipinski definition) is 1. The fourth-order valence-electron chi connectivity index (χ4n) is 1.75. The topological polar surface area (TPSA) is 73.9 Å². The van der Waals surface area contributed by atoms with Crippen molar-refractivity contribution in [2.75, 3.05) is 13.7 Å². The highest BCUT2D eigenvalue weighted by molar-refractivity contribution is 5.92. The second-order valence-corrected chi connectivity index (χ2v) is 5.01. The normalized spacial score (nSPS) is 11.7. The van der Waals surface area contributed by atoms with Crippen molar-refractivity contribution in [3.63, 3.8) is 0 Å². The molecule has 0 aliphatic rings. The molecule has 0 heterocycles. The van der Waals surface area contributed by atoms with Crippen molar-refractivity contribution in [3.8, 4) is 11.5 Å². The quantitative estimate of drug-likeness (QED) is 0.781. The molecule has 6 heteroatoms. The van der Waals surface area contributed by atoms with Gasteiger partial charge in [-0.05, 0) is 45.9 Å². The molecule has 122 valence electrons. The van der Waals surface area contributed by atoms with E-state index in [0.717, 1.165) is 0 Å². The number of nitrogens with one attached hydrogen (secondary N) is 1. The molecule has 1 N–H and O–H groups in total. The second kappa shape index (κ2) is 8.26. The largest absolute Gasteiger partial charge is 0.493 e. The number of rotatable bonds is 7. The molecule has 22 heavy (non-hydrogen) atoms. The van der Waals surface area contributed by atoms with Crippen molar-refractivity contribution in [2.45, 2.75) is 39.8 Å². The van der Waals surface area contributed by atoms with Gasteiger partial charge in [0.2, 0.25) is 0 Å². The average Bonchev–Trinajstić information content (AvgIpc) is 2.47. The molecule has 0 unspecified atom stereocenters. The van der Waals surface area contributed by atoms with E-state index >= 15 is 0 Å². The molecule has 0 bridgehead atoms. The van der Waals surface area contributed by atoms with Crippen molar-refractivity contribution < 1.29 is 23.8 Å². The first-order chi connectivity index (χ1) is 10.4. The van der Waals surface area contributed by atoms with E-state index in [9.17, 15) is 9.59 Å². The van der Waals surface area contributed by atoms with Crippen LogP contribution in [0, 0.1) is 0 Å². The highest BCUT2D eigenvalue weighted by atomic mass is 16.5. The molecule has 0 saturated carbocycles. The lowest BCUT2D eigenvalue weighted by atomic mass is 10.2. The maximum Gasteiger partial charge on any atom is 0.339 e. The maximum absolute atomic E-state index is 12.1. The standard InChI is InChI=1S/C16H23NO5/c1-6-21-13-8-7-12(9-14(13)20-5)16(19)22-11(4)15(18)17-10(2)3/h7-11H,6H2,1-5H3,(H,17,18)/t11-/m0/s1. The Bertz CT molecular complexity index is 527. The summed E-state index contributed by atoms with van der Waals surface area (Å²) in [7, 11) is 1.49. The van der Waals surface area contributed by atoms with E-state index < -0.39 is 12.1 Å². The second-order valence-electron chi connectivity index (χ2n) is 5.01. The Labute approximate surface area is 130 Å². The molecule has 0 radical (unpaired) electrons. The molecule has 1 aromatic rings. The molecular formula is C16H23NO5. The lowest BCUT2D eigenvalue weighted by molar-refractivity contribution is -0.129. The zero-order chi connectivity index (χ0) is 16.7. The Kier molecular flexibility index (Phi) is 6.69. The van der Waals surface area contributed by atoms with Crippen LogP contribution in [0.5, 0.6) is 11.5 Å². The molecule has 0 saturated heterocycles. The van der Waals surface area contributed by atoms with E-state index in [2.05, 4.69) is 5.32 Å². The molecule has 1 amide bonds. The predicted molar refractivity (Wildman–Crippen MR) is 82.3 cm³/mol. The van der Waals surface area contributed by atoms with Gasteiger partial charge >= 0.3 is 5.97 Å². The summed E-state index contributed by atoms with van der Waals surface area (Å²) in [5.41, 5.74) is 0.296. The number of hydrogen-bond acceptors (Lipinski definition) is 5. The molecular weight excluding hydrogens is 286 g/mol. The number of methoxy groups -OCH3 is 1. The highest BCUT2D eigenvalue weighted by Crippen LogP contribution is 2.28. The van der Waals surface area contributed by atoms with Gasteiger partial charge in [0.25, 0.3) is 5.91 Å². The molecule has 1 rings (SSSR count). The van der Waals surface area contributed by atoms with Crippen LogP contribution in [0.15, 0.2) is 18.2 Å². The van der Waals surface area contributed by atoms with Crippen LogP contribution in [-0.4, -0.2) is 37.7 Å². The van der Waals surface area contributed by atoms with Gasteiger partial charge in [0.05, 0.1) is 19.3 Å². The van der Waals surface area contributed by atoms with Gasteiger partial charge in [-0.2, -0.15) is 0 Å². The Morgan fingerprint density at radius 2 is 1.86 bits per heavy atom. The summed E-state index contributed by atoms with van der Waals surface area (Å²) in [6.07, 6.45) is -0.868. The minimum atomic E-state index is -0.868. The van der Waals surface area contributed by atoms with Crippen LogP contribution in [0.2, 0.25) is 0 Å². The van der Waals surface area contributed by atoms with Gasteiger partial charge in [0.15, 0.2) is 17.6 Å². The van der Waals surface area contributed by atoms with Crippen LogP contribution in [0.3, 0.4) is 0 Å². The Morgan fingerprint density at radius 3 is 2.41 bits per heavy atom. The fraction of sp³-hybridized carbons (Fsp3) is 0.500. The van der Waals surface area contributed by atoms with E-state index in [4.69, 9.17) is 14.2 Å². The van der Waals surface area contributed by atoms with Gasteiger partial charge in [0.1, 0.15) is 0 Å². The number of benzene rings is 1. The third kappa shape index (κ3) is 4.95. The van der Waals surface area contributed by atoms with E-state index in [1.165, 1.54) is 20.1 Å². The smallest absolute Gasteiger partial charge is 0.339 e. The molecule has 6 nitrogen and oxygen atoms in total. The van der Waals surface area contributed by atoms with E-state index in [1.54, 1.807) is 12.1 Å². The summed E-state index contributed by atoms with van der Waals surface area (Å²) < 4.78 is 15.7. The number of esters is 1. The zero-order valence-corrected chi connectivity index (χ0v) is 13.6. The van der Waals surface area contributed by atoms with Gasteiger partial charge in [0, 0.05) is 6.04 Å². The predicted octanol–water partition coefficient (Wildman–Crippen LogP) is 2.16. The molecule has 0 aromatic heterocycles. The maximum atomic E-state index is 12.1. The molecule has 0 aliphatic carbocycles. The highest BCUT2D eigenvalue weighted by Gasteiger charge is 2.20. The summed E-state index contributed by atoms with van der Waals surface area (Å²) in [5.74, 6) is 0.0664. The molecule has 1 atom stereocenters. The first kappa shape index (κ1) is 17.8. The lowest BCUT2D eigenvalue weighted by Gasteiger charge is -2.16. The first-order valence-electron chi connectivity index (χ1n) is 7.21. The van der Waals surface area contributed by atoms with Gasteiger partial charge in [-0.25, -0.2) is 4.79 Å². The third-order valence-corrected chi connectivity index (χ3v) is 2.78. The molecule has 0 aliphatic heterocycles. The van der Waals surface area contributed by atoms with E-state index in [-0.39, 0.29) is 11.9 Å².